The smallest absolute Gasteiger partial charge is 0.401 e. The van der Waals surface area contributed by atoms with Gasteiger partial charge in [0.05, 0.1) is 6.54 Å². The summed E-state index contributed by atoms with van der Waals surface area (Å²) >= 11 is 0. The van der Waals surface area contributed by atoms with Crippen molar-refractivity contribution in [2.75, 3.05) is 6.54 Å². The highest BCUT2D eigenvalue weighted by atomic mass is 19.4. The van der Waals surface area contributed by atoms with E-state index < -0.39 is 30.0 Å². The molecule has 1 aromatic rings. The Labute approximate surface area is 89.0 Å². The molecule has 0 atom stereocenters. The molecule has 1 aromatic carbocycles. The predicted molar refractivity (Wildman–Crippen MR) is 49.2 cm³/mol. The Morgan fingerprint density at radius 1 is 1.06 bits per heavy atom. The van der Waals surface area contributed by atoms with Gasteiger partial charge in [-0.2, -0.15) is 13.2 Å². The fourth-order valence-corrected chi connectivity index (χ4v) is 1.09. The molecule has 0 fully saturated rings. The monoisotopic (exact) mass is 237 g/mol. The molecule has 0 aromatic heterocycles. The summed E-state index contributed by atoms with van der Waals surface area (Å²) in [7, 11) is 0. The second kappa shape index (κ2) is 4.48. The molecule has 0 saturated heterocycles. The van der Waals surface area contributed by atoms with E-state index >= 15 is 0 Å². The van der Waals surface area contributed by atoms with Crippen LogP contribution < -0.4 is 5.32 Å². The van der Waals surface area contributed by atoms with Gasteiger partial charge in [0.1, 0.15) is 0 Å². The number of rotatable bonds is 3. The van der Waals surface area contributed by atoms with E-state index in [2.05, 4.69) is 5.32 Å². The van der Waals surface area contributed by atoms with Crippen LogP contribution >= 0.6 is 0 Å². The molecule has 0 bridgehead atoms. The molecular weight excluding hydrogens is 227 g/mol. The third-order valence-electron chi connectivity index (χ3n) is 1.85. The van der Waals surface area contributed by atoms with E-state index in [-0.39, 0.29) is 12.1 Å². The van der Waals surface area contributed by atoms with Crippen LogP contribution in [0.2, 0.25) is 0 Å². The number of phenols is 3. The number of halogens is 3. The first-order valence-corrected chi connectivity index (χ1v) is 4.31. The van der Waals surface area contributed by atoms with E-state index in [1.54, 1.807) is 0 Å². The summed E-state index contributed by atoms with van der Waals surface area (Å²) in [5.74, 6) is -1.90. The first-order chi connectivity index (χ1) is 7.31. The highest BCUT2D eigenvalue weighted by molar-refractivity contribution is 5.52. The fraction of sp³-hybridized carbons (Fsp3) is 0.333. The lowest BCUT2D eigenvalue weighted by molar-refractivity contribution is -0.125. The van der Waals surface area contributed by atoms with Crippen molar-refractivity contribution >= 4 is 0 Å². The van der Waals surface area contributed by atoms with E-state index in [4.69, 9.17) is 10.2 Å². The molecule has 0 heterocycles. The first-order valence-electron chi connectivity index (χ1n) is 4.31. The molecular formula is C9H10F3NO3. The predicted octanol–water partition coefficient (Wildman–Crippen LogP) is 1.46. The molecule has 4 nitrogen and oxygen atoms in total. The zero-order valence-corrected chi connectivity index (χ0v) is 8.04. The van der Waals surface area contributed by atoms with Crippen LogP contribution in [-0.4, -0.2) is 28.0 Å². The van der Waals surface area contributed by atoms with Crippen LogP contribution in [0.5, 0.6) is 17.2 Å². The van der Waals surface area contributed by atoms with Gasteiger partial charge in [-0.1, -0.05) is 6.07 Å². The van der Waals surface area contributed by atoms with Gasteiger partial charge >= 0.3 is 6.18 Å². The van der Waals surface area contributed by atoms with Crippen LogP contribution in [0.25, 0.3) is 0 Å². The molecule has 4 N–H and O–H groups in total. The Bertz CT molecular complexity index is 379. The molecule has 1 rings (SSSR count). The molecule has 0 radical (unpaired) electrons. The van der Waals surface area contributed by atoms with Gasteiger partial charge in [0, 0.05) is 12.1 Å². The molecule has 0 aliphatic heterocycles. The molecule has 0 unspecified atom stereocenters. The standard InChI is InChI=1S/C9H10F3NO3/c10-9(11,12)4-13-3-5-1-2-6(14)8(16)7(5)15/h1-2,13-16H,3-4H2. The molecule has 0 spiro atoms. The lowest BCUT2D eigenvalue weighted by Gasteiger charge is -2.10. The van der Waals surface area contributed by atoms with Gasteiger partial charge in [0.15, 0.2) is 11.5 Å². The Hall–Kier alpha value is -1.63. The SMILES string of the molecule is Oc1ccc(CNCC(F)(F)F)c(O)c1O. The van der Waals surface area contributed by atoms with Crippen LogP contribution in [-0.2, 0) is 6.54 Å². The largest absolute Gasteiger partial charge is 0.504 e. The minimum absolute atomic E-state index is 0.0690. The van der Waals surface area contributed by atoms with Crippen LogP contribution in [0.15, 0.2) is 12.1 Å². The average Bonchev–Trinajstić information content (AvgIpc) is 2.16. The van der Waals surface area contributed by atoms with Crippen LogP contribution in [0.1, 0.15) is 5.56 Å². The lowest BCUT2D eigenvalue weighted by Crippen LogP contribution is -2.28. The molecule has 0 saturated carbocycles. The normalized spacial score (nSPS) is 11.7. The van der Waals surface area contributed by atoms with Crippen molar-refractivity contribution in [1.82, 2.24) is 5.32 Å². The highest BCUT2D eigenvalue weighted by Crippen LogP contribution is 2.36. The Balaban J connectivity index is 2.65. The van der Waals surface area contributed by atoms with Crippen molar-refractivity contribution in [2.45, 2.75) is 12.7 Å². The summed E-state index contributed by atoms with van der Waals surface area (Å²) in [4.78, 5) is 0. The minimum Gasteiger partial charge on any atom is -0.504 e. The second-order valence-corrected chi connectivity index (χ2v) is 3.16. The number of hydrogen-bond donors (Lipinski definition) is 4. The molecule has 7 heteroatoms. The van der Waals surface area contributed by atoms with E-state index in [1.807, 2.05) is 0 Å². The van der Waals surface area contributed by atoms with Gasteiger partial charge in [-0.3, -0.25) is 0 Å². The summed E-state index contributed by atoms with van der Waals surface area (Å²) in [6.45, 7) is -1.47. The third-order valence-corrected chi connectivity index (χ3v) is 1.85. The van der Waals surface area contributed by atoms with E-state index in [1.165, 1.54) is 6.07 Å². The van der Waals surface area contributed by atoms with Crippen molar-refractivity contribution in [3.05, 3.63) is 17.7 Å². The highest BCUT2D eigenvalue weighted by Gasteiger charge is 2.26. The van der Waals surface area contributed by atoms with Crippen LogP contribution in [0.4, 0.5) is 13.2 Å². The summed E-state index contributed by atoms with van der Waals surface area (Å²) < 4.78 is 35.4. The molecule has 90 valence electrons. The zero-order valence-electron chi connectivity index (χ0n) is 8.04. The summed E-state index contributed by atoms with van der Waals surface area (Å²) in [5, 5.41) is 29.4. The van der Waals surface area contributed by atoms with E-state index in [0.29, 0.717) is 0 Å². The van der Waals surface area contributed by atoms with Gasteiger partial charge < -0.3 is 20.6 Å². The van der Waals surface area contributed by atoms with Crippen molar-refractivity contribution in [3.63, 3.8) is 0 Å². The number of benzene rings is 1. The van der Waals surface area contributed by atoms with Crippen molar-refractivity contribution in [3.8, 4) is 17.2 Å². The van der Waals surface area contributed by atoms with Crippen LogP contribution in [0.3, 0.4) is 0 Å². The summed E-state index contributed by atoms with van der Waals surface area (Å²) in [5.41, 5.74) is 0.0690. The van der Waals surface area contributed by atoms with Gasteiger partial charge in [0.25, 0.3) is 0 Å². The Kier molecular flexibility index (Phi) is 3.48. The maximum absolute atomic E-state index is 11.8. The fourth-order valence-electron chi connectivity index (χ4n) is 1.09. The quantitative estimate of drug-likeness (QED) is 0.600. The second-order valence-electron chi connectivity index (χ2n) is 3.16. The van der Waals surface area contributed by atoms with E-state index in [0.717, 1.165) is 6.07 Å². The third kappa shape index (κ3) is 3.20. The minimum atomic E-state index is -4.34. The van der Waals surface area contributed by atoms with Crippen molar-refractivity contribution in [1.29, 1.82) is 0 Å². The van der Waals surface area contributed by atoms with E-state index in [9.17, 15) is 18.3 Å². The van der Waals surface area contributed by atoms with Gasteiger partial charge in [-0.25, -0.2) is 0 Å². The number of phenolic OH excluding ortho intramolecular Hbond substituents is 3. The molecule has 0 aliphatic rings. The maximum atomic E-state index is 11.8. The first kappa shape index (κ1) is 12.4. The van der Waals surface area contributed by atoms with Crippen LogP contribution in [0, 0.1) is 0 Å². The van der Waals surface area contributed by atoms with Crippen molar-refractivity contribution < 1.29 is 28.5 Å². The van der Waals surface area contributed by atoms with Gasteiger partial charge in [-0.15, -0.1) is 0 Å². The number of aromatic hydroxyl groups is 3. The van der Waals surface area contributed by atoms with Gasteiger partial charge in [0.2, 0.25) is 5.75 Å². The summed E-state index contributed by atoms with van der Waals surface area (Å²) in [6.07, 6.45) is -4.34. The molecule has 16 heavy (non-hydrogen) atoms. The number of hydrogen-bond acceptors (Lipinski definition) is 4. The van der Waals surface area contributed by atoms with Crippen molar-refractivity contribution in [2.24, 2.45) is 0 Å². The number of nitrogens with one attached hydrogen (secondary N) is 1. The molecule has 0 amide bonds. The molecule has 0 aliphatic carbocycles. The topological polar surface area (TPSA) is 72.7 Å². The zero-order chi connectivity index (χ0) is 12.3. The Morgan fingerprint density at radius 3 is 2.25 bits per heavy atom. The maximum Gasteiger partial charge on any atom is 0.401 e. The number of alkyl halides is 3. The lowest BCUT2D eigenvalue weighted by atomic mass is 10.1. The summed E-state index contributed by atoms with van der Waals surface area (Å²) in [6, 6.07) is 2.30. The average molecular weight is 237 g/mol. The van der Waals surface area contributed by atoms with Gasteiger partial charge in [-0.05, 0) is 6.07 Å². The Morgan fingerprint density at radius 2 is 1.69 bits per heavy atom.